The van der Waals surface area contributed by atoms with Gasteiger partial charge in [-0.2, -0.15) is 0 Å². The summed E-state index contributed by atoms with van der Waals surface area (Å²) in [6, 6.07) is 5.67. The molecule has 0 unspecified atom stereocenters. The Morgan fingerprint density at radius 3 is 2.05 bits per heavy atom. The van der Waals surface area contributed by atoms with E-state index < -0.39 is 24.5 Å². The molecular formula is C11H14O8. The van der Waals surface area contributed by atoms with E-state index in [1.807, 2.05) is 0 Å². The topological polar surface area (TPSA) is 137 Å². The summed E-state index contributed by atoms with van der Waals surface area (Å²) in [7, 11) is 1.23. The summed E-state index contributed by atoms with van der Waals surface area (Å²) in [5.41, 5.74) is 0.677. The highest BCUT2D eigenvalue weighted by molar-refractivity contribution is 5.89. The maximum Gasteiger partial charge on any atom is 0.365 e. The highest BCUT2D eigenvalue weighted by atomic mass is 16.8. The lowest BCUT2D eigenvalue weighted by molar-refractivity contribution is -0.524. The van der Waals surface area contributed by atoms with E-state index in [-0.39, 0.29) is 5.56 Å². The molecule has 8 heteroatoms. The number of carbonyl (C=O) groups excluding carboxylic acids is 1. The number of esters is 1. The van der Waals surface area contributed by atoms with Crippen molar-refractivity contribution in [3.05, 3.63) is 35.4 Å². The molecule has 5 N–H and O–H groups in total. The predicted molar refractivity (Wildman–Crippen MR) is 59.1 cm³/mol. The summed E-state index contributed by atoms with van der Waals surface area (Å²) in [6.07, 6.45) is 0. The van der Waals surface area contributed by atoms with E-state index in [1.165, 1.54) is 31.4 Å². The second-order valence-electron chi connectivity index (χ2n) is 3.72. The Labute approximate surface area is 108 Å². The molecule has 0 spiro atoms. The average Bonchev–Trinajstić information content (AvgIpc) is 2.35. The predicted octanol–water partition coefficient (Wildman–Crippen LogP) is -1.74. The third kappa shape index (κ3) is 3.96. The second kappa shape index (κ2) is 5.61. The molecule has 0 amide bonds. The maximum absolute atomic E-state index is 11.1. The number of carbonyl (C=O) groups is 1. The van der Waals surface area contributed by atoms with Crippen LogP contribution in [0.3, 0.4) is 0 Å². The van der Waals surface area contributed by atoms with E-state index in [1.54, 1.807) is 0 Å². The summed E-state index contributed by atoms with van der Waals surface area (Å²) >= 11 is 0. The number of aliphatic hydroxyl groups is 5. The number of hydrogen-bond donors (Lipinski definition) is 5. The smallest absolute Gasteiger partial charge is 0.365 e. The molecule has 8 nitrogen and oxygen atoms in total. The van der Waals surface area contributed by atoms with Gasteiger partial charge in [-0.1, -0.05) is 12.1 Å². The second-order valence-corrected chi connectivity index (χ2v) is 3.72. The molecule has 0 aromatic heterocycles. The van der Waals surface area contributed by atoms with Crippen molar-refractivity contribution >= 4 is 5.97 Å². The molecule has 1 aromatic rings. The molecule has 19 heavy (non-hydrogen) atoms. The molecule has 0 fully saturated rings. The third-order valence-corrected chi connectivity index (χ3v) is 2.25. The van der Waals surface area contributed by atoms with Crippen molar-refractivity contribution in [2.24, 2.45) is 0 Å². The zero-order valence-corrected chi connectivity index (χ0v) is 9.98. The molecule has 106 valence electrons. The molecule has 0 aliphatic carbocycles. The van der Waals surface area contributed by atoms with Gasteiger partial charge in [0.15, 0.2) is 0 Å². The Kier molecular flexibility index (Phi) is 4.58. The standard InChI is InChI=1S/C11H14O8/c1-18-9(12)8-4-2-7(3-5-8)6-19-11(16,17)10(13,14)15/h2-5,13-17H,6H2,1H3. The fourth-order valence-electron chi connectivity index (χ4n) is 1.14. The van der Waals surface area contributed by atoms with Crippen molar-refractivity contribution in [1.29, 1.82) is 0 Å². The molecule has 0 bridgehead atoms. The Bertz CT molecular complexity index is 431. The van der Waals surface area contributed by atoms with Gasteiger partial charge in [-0.3, -0.25) is 0 Å². The molecule has 1 rings (SSSR count). The molecule has 0 atom stereocenters. The number of rotatable bonds is 5. The fourth-order valence-corrected chi connectivity index (χ4v) is 1.14. The summed E-state index contributed by atoms with van der Waals surface area (Å²) in [5.74, 6) is -7.90. The number of benzene rings is 1. The lowest BCUT2D eigenvalue weighted by Gasteiger charge is -2.28. The maximum atomic E-state index is 11.1. The molecule has 0 heterocycles. The molecule has 0 aliphatic rings. The zero-order chi connectivity index (χ0) is 14.7. The van der Waals surface area contributed by atoms with E-state index in [0.29, 0.717) is 5.56 Å². The van der Waals surface area contributed by atoms with Crippen molar-refractivity contribution in [1.82, 2.24) is 0 Å². The Morgan fingerprint density at radius 1 is 1.11 bits per heavy atom. The van der Waals surface area contributed by atoms with Gasteiger partial charge in [0.05, 0.1) is 19.3 Å². The van der Waals surface area contributed by atoms with Crippen LogP contribution >= 0.6 is 0 Å². The van der Waals surface area contributed by atoms with Crippen LogP contribution < -0.4 is 0 Å². The highest BCUT2D eigenvalue weighted by Gasteiger charge is 2.48. The minimum atomic E-state index is -3.82. The van der Waals surface area contributed by atoms with Crippen LogP contribution in [-0.4, -0.2) is 50.6 Å². The summed E-state index contributed by atoms with van der Waals surface area (Å²) < 4.78 is 8.84. The van der Waals surface area contributed by atoms with Crippen LogP contribution in [-0.2, 0) is 16.1 Å². The van der Waals surface area contributed by atoms with E-state index in [2.05, 4.69) is 9.47 Å². The van der Waals surface area contributed by atoms with E-state index >= 15 is 0 Å². The van der Waals surface area contributed by atoms with Crippen LogP contribution in [0.4, 0.5) is 0 Å². The average molecular weight is 274 g/mol. The molecular weight excluding hydrogens is 260 g/mol. The Morgan fingerprint density at radius 2 is 1.63 bits per heavy atom. The van der Waals surface area contributed by atoms with Gasteiger partial charge in [0, 0.05) is 0 Å². The monoisotopic (exact) mass is 274 g/mol. The van der Waals surface area contributed by atoms with Gasteiger partial charge in [-0.15, -0.1) is 0 Å². The number of ether oxygens (including phenoxy) is 2. The first-order chi connectivity index (χ1) is 8.67. The quantitative estimate of drug-likeness (QED) is 0.315. The first-order valence-corrected chi connectivity index (χ1v) is 5.10. The van der Waals surface area contributed by atoms with Crippen LogP contribution in [0.2, 0.25) is 0 Å². The Hall–Kier alpha value is -1.55. The molecule has 1 aromatic carbocycles. The van der Waals surface area contributed by atoms with Crippen molar-refractivity contribution in [3.63, 3.8) is 0 Å². The lowest BCUT2D eigenvalue weighted by atomic mass is 10.1. The van der Waals surface area contributed by atoms with Gasteiger partial charge in [-0.05, 0) is 17.7 Å². The van der Waals surface area contributed by atoms with E-state index in [0.717, 1.165) is 0 Å². The van der Waals surface area contributed by atoms with Crippen LogP contribution in [0.1, 0.15) is 15.9 Å². The first kappa shape index (κ1) is 15.5. The summed E-state index contributed by atoms with van der Waals surface area (Å²) in [5, 5.41) is 43.8. The summed E-state index contributed by atoms with van der Waals surface area (Å²) in [4.78, 5) is 11.1. The highest BCUT2D eigenvalue weighted by Crippen LogP contribution is 2.18. The molecule has 0 aliphatic heterocycles. The van der Waals surface area contributed by atoms with Crippen molar-refractivity contribution < 1.29 is 39.8 Å². The largest absolute Gasteiger partial charge is 0.465 e. The first-order valence-electron chi connectivity index (χ1n) is 5.10. The van der Waals surface area contributed by atoms with Gasteiger partial charge in [-0.25, -0.2) is 4.79 Å². The molecule has 0 saturated heterocycles. The Balaban J connectivity index is 2.67. The van der Waals surface area contributed by atoms with Gasteiger partial charge >= 0.3 is 17.9 Å². The minimum Gasteiger partial charge on any atom is -0.465 e. The van der Waals surface area contributed by atoms with Crippen LogP contribution in [0, 0.1) is 0 Å². The SMILES string of the molecule is COC(=O)c1ccc(COC(O)(O)C(O)(O)O)cc1. The lowest BCUT2D eigenvalue weighted by Crippen LogP contribution is -2.56. The normalized spacial score (nSPS) is 12.3. The number of hydrogen-bond acceptors (Lipinski definition) is 8. The molecule has 0 saturated carbocycles. The molecule has 0 radical (unpaired) electrons. The van der Waals surface area contributed by atoms with Gasteiger partial charge in [0.1, 0.15) is 0 Å². The van der Waals surface area contributed by atoms with Crippen molar-refractivity contribution in [2.45, 2.75) is 18.6 Å². The van der Waals surface area contributed by atoms with E-state index in [9.17, 15) is 4.79 Å². The minimum absolute atomic E-state index is 0.284. The number of methoxy groups -OCH3 is 1. The van der Waals surface area contributed by atoms with Crippen molar-refractivity contribution in [3.8, 4) is 0 Å². The third-order valence-electron chi connectivity index (χ3n) is 2.25. The van der Waals surface area contributed by atoms with Crippen LogP contribution in [0.5, 0.6) is 0 Å². The fraction of sp³-hybridized carbons (Fsp3) is 0.364. The van der Waals surface area contributed by atoms with Gasteiger partial charge < -0.3 is 35.0 Å². The van der Waals surface area contributed by atoms with Gasteiger partial charge in [0.2, 0.25) is 0 Å². The van der Waals surface area contributed by atoms with Crippen LogP contribution in [0.25, 0.3) is 0 Å². The van der Waals surface area contributed by atoms with Gasteiger partial charge in [0.25, 0.3) is 0 Å². The van der Waals surface area contributed by atoms with E-state index in [4.69, 9.17) is 25.5 Å². The van der Waals surface area contributed by atoms with Crippen molar-refractivity contribution in [2.75, 3.05) is 7.11 Å². The summed E-state index contributed by atoms with van der Waals surface area (Å²) in [6.45, 7) is -0.447. The zero-order valence-electron chi connectivity index (χ0n) is 9.98. The van der Waals surface area contributed by atoms with Crippen LogP contribution in [0.15, 0.2) is 24.3 Å².